The van der Waals surface area contributed by atoms with E-state index in [0.717, 1.165) is 25.7 Å². The number of hydrogen-bond acceptors (Lipinski definition) is 4. The molecule has 1 aromatic rings. The largest absolute Gasteiger partial charge is 0.375 e. The maximum Gasteiger partial charge on any atom is 0.249 e. The molecule has 1 unspecified atom stereocenters. The Labute approximate surface area is 121 Å². The minimum Gasteiger partial charge on any atom is -0.375 e. The predicted octanol–water partition coefficient (Wildman–Crippen LogP) is 2.33. The molecule has 0 aliphatic carbocycles. The maximum atomic E-state index is 11.7. The second-order valence-corrected chi connectivity index (χ2v) is 6.49. The number of rotatable bonds is 8. The molecule has 1 aromatic carbocycles. The quantitative estimate of drug-likeness (QED) is 0.566. The molecule has 1 atom stereocenters. The Balaban J connectivity index is 2.85. The third-order valence-electron chi connectivity index (χ3n) is 4.53. The summed E-state index contributed by atoms with van der Waals surface area (Å²) in [6.45, 7) is 10.0. The third kappa shape index (κ3) is 3.11. The van der Waals surface area contributed by atoms with E-state index in [9.17, 15) is 9.59 Å². The van der Waals surface area contributed by atoms with Gasteiger partial charge >= 0.3 is 0 Å². The lowest BCUT2D eigenvalue weighted by Gasteiger charge is -2.43. The summed E-state index contributed by atoms with van der Waals surface area (Å²) in [7, 11) is 0. The predicted molar refractivity (Wildman–Crippen MR) is 85.2 cm³/mol. The molecule has 0 aromatic heterocycles. The highest BCUT2D eigenvalue weighted by molar-refractivity contribution is 5.58. The van der Waals surface area contributed by atoms with Crippen LogP contribution in [0.25, 0.3) is 0 Å². The van der Waals surface area contributed by atoms with Crippen LogP contribution in [-0.2, 0) is 6.42 Å². The molecule has 1 rings (SSSR count). The van der Waals surface area contributed by atoms with Crippen LogP contribution in [0.1, 0.15) is 65.9 Å². The standard InChI is InChI=1S/C16H28N2O2/c1-6-8-9-10-16(5,17)15(3,4)18-12-11(7-2)13(19)14(12)20/h18H,6-10,17H2,1-5H3. The fourth-order valence-corrected chi connectivity index (χ4v) is 2.42. The second-order valence-electron chi connectivity index (χ2n) is 6.49. The fraction of sp³-hybridized carbons (Fsp3) is 0.750. The Kier molecular flexibility index (Phi) is 5.14. The van der Waals surface area contributed by atoms with Crippen LogP contribution >= 0.6 is 0 Å². The average Bonchev–Trinajstić information content (AvgIpc) is 2.37. The number of hydrogen-bond donors (Lipinski definition) is 2. The molecule has 0 aliphatic heterocycles. The zero-order chi connectivity index (χ0) is 15.6. The topological polar surface area (TPSA) is 72.2 Å². The van der Waals surface area contributed by atoms with Crippen molar-refractivity contribution in [3.63, 3.8) is 0 Å². The molecule has 4 heteroatoms. The van der Waals surface area contributed by atoms with E-state index >= 15 is 0 Å². The lowest BCUT2D eigenvalue weighted by molar-refractivity contribution is 0.279. The number of unbranched alkanes of at least 4 members (excludes halogenated alkanes) is 2. The van der Waals surface area contributed by atoms with Crippen LogP contribution in [0.2, 0.25) is 0 Å². The third-order valence-corrected chi connectivity index (χ3v) is 4.53. The van der Waals surface area contributed by atoms with Gasteiger partial charge in [0.1, 0.15) is 0 Å². The highest BCUT2D eigenvalue weighted by atomic mass is 16.2. The minimum atomic E-state index is -0.438. The van der Waals surface area contributed by atoms with E-state index in [1.54, 1.807) is 0 Å². The maximum absolute atomic E-state index is 11.7. The van der Waals surface area contributed by atoms with Gasteiger partial charge in [-0.1, -0.05) is 33.1 Å². The van der Waals surface area contributed by atoms with Crippen LogP contribution in [0, 0.1) is 0 Å². The Hall–Kier alpha value is -1.16. The zero-order valence-corrected chi connectivity index (χ0v) is 13.4. The first-order chi connectivity index (χ1) is 9.18. The van der Waals surface area contributed by atoms with Crippen molar-refractivity contribution in [3.8, 4) is 0 Å². The van der Waals surface area contributed by atoms with Gasteiger partial charge in [-0.05, 0) is 33.6 Å². The molecular formula is C16H28N2O2. The van der Waals surface area contributed by atoms with Crippen molar-refractivity contribution in [2.24, 2.45) is 5.73 Å². The average molecular weight is 280 g/mol. The van der Waals surface area contributed by atoms with Crippen molar-refractivity contribution in [2.45, 2.75) is 77.8 Å². The number of nitrogens with one attached hydrogen (secondary N) is 1. The summed E-state index contributed by atoms with van der Waals surface area (Å²) < 4.78 is 0. The Morgan fingerprint density at radius 2 is 1.65 bits per heavy atom. The number of nitrogens with two attached hydrogens (primary N) is 1. The molecule has 4 nitrogen and oxygen atoms in total. The molecule has 0 fully saturated rings. The van der Waals surface area contributed by atoms with Crippen LogP contribution in [-0.4, -0.2) is 11.1 Å². The molecular weight excluding hydrogens is 252 g/mol. The molecule has 0 bridgehead atoms. The SMILES string of the molecule is CCCCCC(C)(N)C(C)(C)Nc1c(CC)c(=O)c1=O. The smallest absolute Gasteiger partial charge is 0.249 e. The van der Waals surface area contributed by atoms with Crippen LogP contribution in [0.5, 0.6) is 0 Å². The van der Waals surface area contributed by atoms with Crippen LogP contribution < -0.4 is 21.9 Å². The summed E-state index contributed by atoms with van der Waals surface area (Å²) in [5.41, 5.74) is 5.89. The minimum absolute atomic E-state index is 0.351. The van der Waals surface area contributed by atoms with Gasteiger partial charge in [-0.2, -0.15) is 0 Å². The summed E-state index contributed by atoms with van der Waals surface area (Å²) >= 11 is 0. The Morgan fingerprint density at radius 1 is 1.05 bits per heavy atom. The van der Waals surface area contributed by atoms with Crippen molar-refractivity contribution < 1.29 is 0 Å². The van der Waals surface area contributed by atoms with Crippen molar-refractivity contribution in [2.75, 3.05) is 5.32 Å². The van der Waals surface area contributed by atoms with E-state index < -0.39 is 16.5 Å². The Morgan fingerprint density at radius 3 is 2.15 bits per heavy atom. The first-order valence-corrected chi connectivity index (χ1v) is 7.57. The second kappa shape index (κ2) is 6.08. The number of anilines is 1. The first kappa shape index (κ1) is 16.9. The molecule has 20 heavy (non-hydrogen) atoms. The highest BCUT2D eigenvalue weighted by Gasteiger charge is 2.39. The summed E-state index contributed by atoms with van der Waals surface area (Å²) in [6, 6.07) is 0. The summed E-state index contributed by atoms with van der Waals surface area (Å²) in [5.74, 6) is 0. The van der Waals surface area contributed by atoms with E-state index in [2.05, 4.69) is 12.2 Å². The van der Waals surface area contributed by atoms with Gasteiger partial charge in [0.25, 0.3) is 0 Å². The van der Waals surface area contributed by atoms with Crippen LogP contribution in [0.3, 0.4) is 0 Å². The van der Waals surface area contributed by atoms with Gasteiger partial charge in [-0.3, -0.25) is 9.59 Å². The van der Waals surface area contributed by atoms with Crippen molar-refractivity contribution in [1.82, 2.24) is 0 Å². The molecule has 0 amide bonds. The van der Waals surface area contributed by atoms with Gasteiger partial charge < -0.3 is 11.1 Å². The lowest BCUT2D eigenvalue weighted by Crippen LogP contribution is -2.61. The van der Waals surface area contributed by atoms with Crippen molar-refractivity contribution in [1.29, 1.82) is 0 Å². The normalized spacial score (nSPS) is 15.3. The van der Waals surface area contributed by atoms with Gasteiger partial charge in [0.05, 0.1) is 5.69 Å². The fourth-order valence-electron chi connectivity index (χ4n) is 2.42. The van der Waals surface area contributed by atoms with E-state index in [0.29, 0.717) is 17.7 Å². The first-order valence-electron chi connectivity index (χ1n) is 7.57. The lowest BCUT2D eigenvalue weighted by atomic mass is 9.77. The molecule has 0 saturated heterocycles. The molecule has 0 aliphatic rings. The van der Waals surface area contributed by atoms with Crippen LogP contribution in [0.15, 0.2) is 9.59 Å². The monoisotopic (exact) mass is 280 g/mol. The summed E-state index contributed by atoms with van der Waals surface area (Å²) in [5, 5.41) is 3.23. The van der Waals surface area contributed by atoms with Gasteiger partial charge in [-0.15, -0.1) is 0 Å². The van der Waals surface area contributed by atoms with Crippen molar-refractivity contribution >= 4 is 5.69 Å². The summed E-state index contributed by atoms with van der Waals surface area (Å²) in [4.78, 5) is 23.2. The molecule has 114 valence electrons. The highest BCUT2D eigenvalue weighted by Crippen LogP contribution is 2.29. The van der Waals surface area contributed by atoms with E-state index in [-0.39, 0.29) is 5.43 Å². The zero-order valence-electron chi connectivity index (χ0n) is 13.4. The molecule has 3 N–H and O–H groups in total. The van der Waals surface area contributed by atoms with E-state index in [1.807, 2.05) is 27.7 Å². The van der Waals surface area contributed by atoms with Gasteiger partial charge in [0.2, 0.25) is 10.9 Å². The van der Waals surface area contributed by atoms with E-state index in [1.165, 1.54) is 0 Å². The van der Waals surface area contributed by atoms with E-state index in [4.69, 9.17) is 5.73 Å². The molecule has 0 spiro atoms. The van der Waals surface area contributed by atoms with Gasteiger partial charge in [-0.25, -0.2) is 0 Å². The van der Waals surface area contributed by atoms with Crippen molar-refractivity contribution in [3.05, 3.63) is 26.0 Å². The Bertz CT molecular complexity index is 523. The summed E-state index contributed by atoms with van der Waals surface area (Å²) in [6.07, 6.45) is 4.85. The molecule has 0 saturated carbocycles. The van der Waals surface area contributed by atoms with Crippen LogP contribution in [0.4, 0.5) is 5.69 Å². The van der Waals surface area contributed by atoms with Gasteiger partial charge in [0.15, 0.2) is 0 Å². The van der Waals surface area contributed by atoms with Gasteiger partial charge in [0, 0.05) is 16.6 Å². The molecule has 0 radical (unpaired) electrons. The molecule has 0 heterocycles.